The van der Waals surface area contributed by atoms with Crippen molar-refractivity contribution in [3.63, 3.8) is 0 Å². The molecule has 0 amide bonds. The molecule has 0 aliphatic rings. The Hall–Kier alpha value is -8.89. The lowest BCUT2D eigenvalue weighted by molar-refractivity contribution is 1.17. The van der Waals surface area contributed by atoms with Crippen molar-refractivity contribution in [2.24, 2.45) is 0 Å². The number of hydrogen-bond donors (Lipinski definition) is 0. The summed E-state index contributed by atoms with van der Waals surface area (Å²) in [7, 11) is 0. The third kappa shape index (κ3) is 6.75. The lowest BCUT2D eigenvalue weighted by atomic mass is 9.90. The van der Waals surface area contributed by atoms with Gasteiger partial charge in [0, 0.05) is 38.6 Å². The van der Waals surface area contributed by atoms with E-state index in [1.54, 1.807) is 0 Å². The van der Waals surface area contributed by atoms with E-state index in [2.05, 4.69) is 83.4 Å². The summed E-state index contributed by atoms with van der Waals surface area (Å²) in [6, 6.07) is 71.3. The standard InChI is InChI=1S/C55H32N6/c56-33-36-12-9-19-41(26-36)42-24-25-53-49(29-42)46-22-7-8-23-52(46)61(53)54-47(43-20-10-13-37(27-43)34-57)30-45(31-48(54)44-21-11-14-38(28-44)35-58)51-32-50(39-15-3-1-4-16-39)59-55(60-51)40-17-5-2-6-18-40/h1-32H. The molecule has 0 bridgehead atoms. The first-order chi connectivity index (χ1) is 30.1. The van der Waals surface area contributed by atoms with Gasteiger partial charge < -0.3 is 4.57 Å². The summed E-state index contributed by atoms with van der Waals surface area (Å²) in [5.74, 6) is 0.598. The van der Waals surface area contributed by atoms with Crippen LogP contribution >= 0.6 is 0 Å². The van der Waals surface area contributed by atoms with Crippen molar-refractivity contribution in [1.29, 1.82) is 15.8 Å². The van der Waals surface area contributed by atoms with Crippen LogP contribution in [0, 0.1) is 34.0 Å². The van der Waals surface area contributed by atoms with Crippen molar-refractivity contribution in [1.82, 2.24) is 14.5 Å². The Kier molecular flexibility index (Phi) is 9.24. The molecule has 10 rings (SSSR count). The van der Waals surface area contributed by atoms with Crippen LogP contribution in [-0.4, -0.2) is 14.5 Å². The summed E-state index contributed by atoms with van der Waals surface area (Å²) < 4.78 is 2.30. The first-order valence-electron chi connectivity index (χ1n) is 19.8. The molecule has 0 spiro atoms. The van der Waals surface area contributed by atoms with E-state index in [0.717, 1.165) is 89.0 Å². The Labute approximate surface area is 352 Å². The van der Waals surface area contributed by atoms with Crippen LogP contribution in [0.2, 0.25) is 0 Å². The second kappa shape index (κ2) is 15.5. The molecule has 6 heteroatoms. The van der Waals surface area contributed by atoms with Crippen LogP contribution in [0.5, 0.6) is 0 Å². The predicted octanol–water partition coefficient (Wildman–Crippen LogP) is 13.2. The third-order valence-electron chi connectivity index (χ3n) is 11.1. The fourth-order valence-corrected chi connectivity index (χ4v) is 8.21. The van der Waals surface area contributed by atoms with E-state index in [0.29, 0.717) is 22.5 Å². The van der Waals surface area contributed by atoms with Crippen molar-refractivity contribution < 1.29 is 0 Å². The van der Waals surface area contributed by atoms with Gasteiger partial charge in [0.1, 0.15) is 0 Å². The summed E-state index contributed by atoms with van der Waals surface area (Å²) in [5, 5.41) is 32.1. The Morgan fingerprint density at radius 3 is 1.43 bits per heavy atom. The van der Waals surface area contributed by atoms with Crippen molar-refractivity contribution in [2.45, 2.75) is 0 Å². The van der Waals surface area contributed by atoms with Crippen molar-refractivity contribution in [3.8, 4) is 91.2 Å². The van der Waals surface area contributed by atoms with E-state index in [-0.39, 0.29) is 0 Å². The molecule has 0 fully saturated rings. The number of para-hydroxylation sites is 1. The summed E-state index contributed by atoms with van der Waals surface area (Å²) in [4.78, 5) is 10.3. The summed E-state index contributed by atoms with van der Waals surface area (Å²) >= 11 is 0. The van der Waals surface area contributed by atoms with E-state index in [9.17, 15) is 15.8 Å². The molecule has 61 heavy (non-hydrogen) atoms. The van der Waals surface area contributed by atoms with Gasteiger partial charge in [0.05, 0.1) is 63.0 Å². The number of aromatic nitrogens is 3. The van der Waals surface area contributed by atoms with E-state index in [1.807, 2.05) is 133 Å². The minimum absolute atomic E-state index is 0.535. The van der Waals surface area contributed by atoms with Gasteiger partial charge >= 0.3 is 0 Å². The Morgan fingerprint density at radius 1 is 0.344 bits per heavy atom. The van der Waals surface area contributed by atoms with Crippen LogP contribution in [0.25, 0.3) is 94.8 Å². The Morgan fingerprint density at radius 2 is 0.820 bits per heavy atom. The average molecular weight is 777 g/mol. The number of hydrogen-bond acceptors (Lipinski definition) is 5. The first-order valence-corrected chi connectivity index (χ1v) is 19.8. The molecule has 0 radical (unpaired) electrons. The fraction of sp³-hybridized carbons (Fsp3) is 0. The lowest BCUT2D eigenvalue weighted by Crippen LogP contribution is -2.03. The first kappa shape index (κ1) is 36.5. The fourth-order valence-electron chi connectivity index (χ4n) is 8.21. The smallest absolute Gasteiger partial charge is 0.160 e. The monoisotopic (exact) mass is 776 g/mol. The van der Waals surface area contributed by atoms with E-state index >= 15 is 0 Å². The van der Waals surface area contributed by atoms with Crippen molar-refractivity contribution in [3.05, 3.63) is 211 Å². The Balaban J connectivity index is 1.32. The molecule has 282 valence electrons. The van der Waals surface area contributed by atoms with Crippen LogP contribution in [0.15, 0.2) is 194 Å². The van der Waals surface area contributed by atoms with Gasteiger partial charge in [0.2, 0.25) is 0 Å². The number of fused-ring (bicyclic) bond motifs is 3. The van der Waals surface area contributed by atoms with E-state index in [1.165, 1.54) is 0 Å². The highest BCUT2D eigenvalue weighted by Gasteiger charge is 2.23. The van der Waals surface area contributed by atoms with Gasteiger partial charge in [0.25, 0.3) is 0 Å². The summed E-state index contributed by atoms with van der Waals surface area (Å²) in [6.07, 6.45) is 0. The molecule has 2 aromatic heterocycles. The maximum atomic E-state index is 10.2. The third-order valence-corrected chi connectivity index (χ3v) is 11.1. The van der Waals surface area contributed by atoms with Crippen LogP contribution < -0.4 is 0 Å². The van der Waals surface area contributed by atoms with Gasteiger partial charge in [-0.2, -0.15) is 15.8 Å². The largest absolute Gasteiger partial charge is 0.308 e. The molecular formula is C55H32N6. The molecule has 8 aromatic carbocycles. The van der Waals surface area contributed by atoms with Gasteiger partial charge in [-0.05, 0) is 95.1 Å². The normalized spacial score (nSPS) is 10.9. The van der Waals surface area contributed by atoms with Crippen LogP contribution in [0.3, 0.4) is 0 Å². The topological polar surface area (TPSA) is 102 Å². The number of nitrogens with zero attached hydrogens (tertiary/aromatic N) is 6. The maximum Gasteiger partial charge on any atom is 0.160 e. The van der Waals surface area contributed by atoms with Gasteiger partial charge in [-0.1, -0.05) is 121 Å². The SMILES string of the molecule is N#Cc1cccc(-c2ccc3c(c2)c2ccccc2n3-c2c(-c3cccc(C#N)c3)cc(-c3cc(-c4ccccc4)nc(-c4ccccc4)n3)cc2-c2cccc(C#N)c2)c1. The van der Waals surface area contributed by atoms with Crippen LogP contribution in [0.1, 0.15) is 16.7 Å². The van der Waals surface area contributed by atoms with Crippen molar-refractivity contribution in [2.75, 3.05) is 0 Å². The Bertz CT molecular complexity index is 3320. The number of nitriles is 3. The maximum absolute atomic E-state index is 10.2. The van der Waals surface area contributed by atoms with Crippen molar-refractivity contribution >= 4 is 21.8 Å². The van der Waals surface area contributed by atoms with E-state index < -0.39 is 0 Å². The zero-order valence-corrected chi connectivity index (χ0v) is 32.7. The molecule has 0 aliphatic heterocycles. The average Bonchev–Trinajstić information content (AvgIpc) is 3.67. The highest BCUT2D eigenvalue weighted by molar-refractivity contribution is 6.12. The summed E-state index contributed by atoms with van der Waals surface area (Å²) in [6.45, 7) is 0. The van der Waals surface area contributed by atoms with Crippen LogP contribution in [-0.2, 0) is 0 Å². The molecule has 0 unspecified atom stereocenters. The highest BCUT2D eigenvalue weighted by atomic mass is 15.0. The molecule has 0 saturated carbocycles. The lowest BCUT2D eigenvalue weighted by Gasteiger charge is -2.21. The van der Waals surface area contributed by atoms with Gasteiger partial charge in [-0.15, -0.1) is 0 Å². The minimum Gasteiger partial charge on any atom is -0.308 e. The molecule has 10 aromatic rings. The highest BCUT2D eigenvalue weighted by Crippen LogP contribution is 2.45. The van der Waals surface area contributed by atoms with Crippen LogP contribution in [0.4, 0.5) is 0 Å². The molecule has 0 aliphatic carbocycles. The zero-order chi connectivity index (χ0) is 41.3. The van der Waals surface area contributed by atoms with Gasteiger partial charge in [0.15, 0.2) is 5.82 Å². The second-order valence-electron chi connectivity index (χ2n) is 14.8. The molecule has 0 N–H and O–H groups in total. The van der Waals surface area contributed by atoms with E-state index in [4.69, 9.17) is 9.97 Å². The quantitative estimate of drug-likeness (QED) is 0.160. The number of benzene rings is 8. The zero-order valence-electron chi connectivity index (χ0n) is 32.7. The molecular weight excluding hydrogens is 745 g/mol. The molecule has 6 nitrogen and oxygen atoms in total. The predicted molar refractivity (Wildman–Crippen MR) is 243 cm³/mol. The second-order valence-corrected chi connectivity index (χ2v) is 14.8. The molecule has 0 saturated heterocycles. The number of rotatable bonds is 7. The molecule has 2 heterocycles. The minimum atomic E-state index is 0.535. The molecule has 0 atom stereocenters. The summed E-state index contributed by atoms with van der Waals surface area (Å²) in [5.41, 5.74) is 14.2. The van der Waals surface area contributed by atoms with Gasteiger partial charge in [-0.3, -0.25) is 0 Å². The van der Waals surface area contributed by atoms with Gasteiger partial charge in [-0.25, -0.2) is 9.97 Å².